The van der Waals surface area contributed by atoms with Crippen LogP contribution in [0.25, 0.3) is 10.9 Å². The van der Waals surface area contributed by atoms with Crippen LogP contribution in [0.15, 0.2) is 28.9 Å². The molecule has 0 aliphatic rings. The first-order valence-electron chi connectivity index (χ1n) is 4.38. The van der Waals surface area contributed by atoms with Gasteiger partial charge in [-0.05, 0) is 24.6 Å². The number of aromatic nitrogens is 1. The number of aromatic carboxylic acids is 1. The van der Waals surface area contributed by atoms with Crippen molar-refractivity contribution < 1.29 is 9.90 Å². The zero-order chi connectivity index (χ0) is 11.0. The van der Waals surface area contributed by atoms with E-state index in [2.05, 4.69) is 20.9 Å². The molecule has 3 nitrogen and oxygen atoms in total. The molecule has 2 aromatic rings. The summed E-state index contributed by atoms with van der Waals surface area (Å²) in [6, 6.07) is 5.26. The van der Waals surface area contributed by atoms with Gasteiger partial charge in [-0.25, -0.2) is 4.79 Å². The summed E-state index contributed by atoms with van der Waals surface area (Å²) >= 11 is 3.35. The third kappa shape index (κ3) is 1.61. The van der Waals surface area contributed by atoms with Crippen molar-refractivity contribution in [1.82, 2.24) is 4.98 Å². The van der Waals surface area contributed by atoms with Gasteiger partial charge in [-0.1, -0.05) is 22.0 Å². The minimum absolute atomic E-state index is 0.274. The lowest BCUT2D eigenvalue weighted by Gasteiger charge is -2.06. The van der Waals surface area contributed by atoms with Crippen molar-refractivity contribution in [2.75, 3.05) is 0 Å². The van der Waals surface area contributed by atoms with Crippen molar-refractivity contribution in [2.24, 2.45) is 0 Å². The topological polar surface area (TPSA) is 50.2 Å². The standard InChI is InChI=1S/C11H8BrNO2/c1-6-2-3-8(12)9-7(11(14)15)4-5-13-10(6)9/h2-5H,1H3,(H,14,15). The highest BCUT2D eigenvalue weighted by Crippen LogP contribution is 2.28. The van der Waals surface area contributed by atoms with Gasteiger partial charge in [0.15, 0.2) is 0 Å². The van der Waals surface area contributed by atoms with E-state index in [9.17, 15) is 4.79 Å². The van der Waals surface area contributed by atoms with E-state index < -0.39 is 5.97 Å². The zero-order valence-electron chi connectivity index (χ0n) is 7.99. The number of carboxylic acids is 1. The third-order valence-electron chi connectivity index (χ3n) is 2.27. The average molecular weight is 266 g/mol. The Hall–Kier alpha value is -1.42. The van der Waals surface area contributed by atoms with Crippen LogP contribution >= 0.6 is 15.9 Å². The van der Waals surface area contributed by atoms with E-state index in [-0.39, 0.29) is 5.56 Å². The molecule has 0 aliphatic heterocycles. The molecule has 4 heteroatoms. The monoisotopic (exact) mass is 265 g/mol. The molecule has 0 saturated carbocycles. The molecule has 0 spiro atoms. The third-order valence-corrected chi connectivity index (χ3v) is 2.93. The fourth-order valence-electron chi connectivity index (χ4n) is 1.54. The molecule has 1 N–H and O–H groups in total. The maximum absolute atomic E-state index is 11.0. The van der Waals surface area contributed by atoms with Gasteiger partial charge < -0.3 is 5.11 Å². The quantitative estimate of drug-likeness (QED) is 0.863. The van der Waals surface area contributed by atoms with Crippen LogP contribution in [0.3, 0.4) is 0 Å². The Kier molecular flexibility index (Phi) is 2.44. The maximum atomic E-state index is 11.0. The maximum Gasteiger partial charge on any atom is 0.336 e. The molecule has 15 heavy (non-hydrogen) atoms. The van der Waals surface area contributed by atoms with Gasteiger partial charge in [0.05, 0.1) is 11.1 Å². The first-order chi connectivity index (χ1) is 7.11. The van der Waals surface area contributed by atoms with Crippen LogP contribution in [0.1, 0.15) is 15.9 Å². The normalized spacial score (nSPS) is 10.5. The Morgan fingerprint density at radius 1 is 1.40 bits per heavy atom. The fraction of sp³-hybridized carbons (Fsp3) is 0.0909. The smallest absolute Gasteiger partial charge is 0.336 e. The molecule has 0 saturated heterocycles. The van der Waals surface area contributed by atoms with E-state index in [1.807, 2.05) is 19.1 Å². The van der Waals surface area contributed by atoms with Crippen molar-refractivity contribution in [3.63, 3.8) is 0 Å². The Bertz CT molecular complexity index is 552. The molecular formula is C11H8BrNO2. The lowest BCUT2D eigenvalue weighted by molar-refractivity contribution is 0.0699. The molecule has 0 atom stereocenters. The fourth-order valence-corrected chi connectivity index (χ4v) is 2.07. The van der Waals surface area contributed by atoms with Crippen LogP contribution in [-0.4, -0.2) is 16.1 Å². The summed E-state index contributed by atoms with van der Waals surface area (Å²) in [6.45, 7) is 1.91. The minimum Gasteiger partial charge on any atom is -0.478 e. The number of pyridine rings is 1. The first-order valence-corrected chi connectivity index (χ1v) is 5.17. The van der Waals surface area contributed by atoms with Crippen molar-refractivity contribution in [1.29, 1.82) is 0 Å². The van der Waals surface area contributed by atoms with Gasteiger partial charge in [0.2, 0.25) is 0 Å². The number of benzene rings is 1. The molecule has 0 unspecified atom stereocenters. The Balaban J connectivity index is 2.96. The molecule has 0 aliphatic carbocycles. The van der Waals surface area contributed by atoms with Crippen molar-refractivity contribution >= 4 is 32.8 Å². The van der Waals surface area contributed by atoms with E-state index >= 15 is 0 Å². The predicted molar refractivity (Wildman–Crippen MR) is 61.1 cm³/mol. The molecule has 0 fully saturated rings. The molecule has 1 heterocycles. The Morgan fingerprint density at radius 2 is 2.13 bits per heavy atom. The van der Waals surface area contributed by atoms with Crippen molar-refractivity contribution in [3.8, 4) is 0 Å². The van der Waals surface area contributed by atoms with Gasteiger partial charge in [0.1, 0.15) is 0 Å². The molecule has 2 rings (SSSR count). The van der Waals surface area contributed by atoms with Crippen LogP contribution in [0.4, 0.5) is 0 Å². The van der Waals surface area contributed by atoms with E-state index in [4.69, 9.17) is 5.11 Å². The van der Waals surface area contributed by atoms with Crippen LogP contribution in [0, 0.1) is 6.92 Å². The Labute approximate surface area is 94.9 Å². The highest BCUT2D eigenvalue weighted by molar-refractivity contribution is 9.10. The number of hydrogen-bond acceptors (Lipinski definition) is 2. The van der Waals surface area contributed by atoms with E-state index in [1.54, 1.807) is 0 Å². The second kappa shape index (κ2) is 3.62. The average Bonchev–Trinajstić information content (AvgIpc) is 2.23. The molecular weight excluding hydrogens is 258 g/mol. The van der Waals surface area contributed by atoms with Crippen LogP contribution in [0.2, 0.25) is 0 Å². The van der Waals surface area contributed by atoms with Gasteiger partial charge in [-0.3, -0.25) is 4.98 Å². The number of rotatable bonds is 1. The zero-order valence-corrected chi connectivity index (χ0v) is 9.58. The first kappa shape index (κ1) is 10.1. The number of fused-ring (bicyclic) bond motifs is 1. The summed E-state index contributed by atoms with van der Waals surface area (Å²) in [5.41, 5.74) is 1.97. The SMILES string of the molecule is Cc1ccc(Br)c2c(C(=O)O)ccnc12. The van der Waals surface area contributed by atoms with Gasteiger partial charge >= 0.3 is 5.97 Å². The lowest BCUT2D eigenvalue weighted by Crippen LogP contribution is -1.99. The van der Waals surface area contributed by atoms with Crippen molar-refractivity contribution in [3.05, 3.63) is 40.0 Å². The number of nitrogens with zero attached hydrogens (tertiary/aromatic N) is 1. The second-order valence-electron chi connectivity index (χ2n) is 3.25. The van der Waals surface area contributed by atoms with Gasteiger partial charge in [0.25, 0.3) is 0 Å². The molecule has 0 bridgehead atoms. The van der Waals surface area contributed by atoms with Crippen LogP contribution in [0.5, 0.6) is 0 Å². The second-order valence-corrected chi connectivity index (χ2v) is 4.11. The Morgan fingerprint density at radius 3 is 2.80 bits per heavy atom. The number of aryl methyl sites for hydroxylation is 1. The van der Waals surface area contributed by atoms with Crippen molar-refractivity contribution in [2.45, 2.75) is 6.92 Å². The number of hydrogen-bond donors (Lipinski definition) is 1. The largest absolute Gasteiger partial charge is 0.478 e. The minimum atomic E-state index is -0.936. The highest BCUT2D eigenvalue weighted by atomic mass is 79.9. The number of carbonyl (C=O) groups is 1. The van der Waals surface area contributed by atoms with Gasteiger partial charge in [-0.15, -0.1) is 0 Å². The molecule has 0 amide bonds. The van der Waals surface area contributed by atoms with E-state index in [0.717, 1.165) is 15.6 Å². The van der Waals surface area contributed by atoms with E-state index in [1.165, 1.54) is 12.3 Å². The van der Waals surface area contributed by atoms with Gasteiger partial charge in [-0.2, -0.15) is 0 Å². The molecule has 76 valence electrons. The summed E-state index contributed by atoms with van der Waals surface area (Å²) in [4.78, 5) is 15.2. The summed E-state index contributed by atoms with van der Waals surface area (Å²) in [6.07, 6.45) is 1.52. The number of halogens is 1. The lowest BCUT2D eigenvalue weighted by atomic mass is 10.1. The summed E-state index contributed by atoms with van der Waals surface area (Å²) in [7, 11) is 0. The summed E-state index contributed by atoms with van der Waals surface area (Å²) < 4.78 is 0.758. The number of carboxylic acid groups (broad SMARTS) is 1. The molecule has 1 aromatic heterocycles. The van der Waals surface area contributed by atoms with Crippen LogP contribution in [-0.2, 0) is 0 Å². The predicted octanol–water partition coefficient (Wildman–Crippen LogP) is 3.00. The van der Waals surface area contributed by atoms with Crippen LogP contribution < -0.4 is 0 Å². The summed E-state index contributed by atoms with van der Waals surface area (Å²) in [5.74, 6) is -0.936. The molecule has 1 aromatic carbocycles. The highest BCUT2D eigenvalue weighted by Gasteiger charge is 2.12. The molecule has 0 radical (unpaired) electrons. The van der Waals surface area contributed by atoms with E-state index in [0.29, 0.717) is 5.39 Å². The summed E-state index contributed by atoms with van der Waals surface area (Å²) in [5, 5.41) is 9.71. The van der Waals surface area contributed by atoms with Gasteiger partial charge in [0, 0.05) is 16.1 Å².